The summed E-state index contributed by atoms with van der Waals surface area (Å²) in [7, 11) is 0. The van der Waals surface area contributed by atoms with Crippen LogP contribution >= 0.6 is 0 Å². The number of rotatable bonds is 3. The number of pyridine rings is 1. The van der Waals surface area contributed by atoms with Crippen molar-refractivity contribution in [2.75, 3.05) is 0 Å². The van der Waals surface area contributed by atoms with Crippen molar-refractivity contribution >= 4 is 11.7 Å². The molecule has 0 radical (unpaired) electrons. The average molecular weight is 231 g/mol. The number of nitrogens with zero attached hydrogens (tertiary/aromatic N) is 2. The third kappa shape index (κ3) is 2.52. The molecule has 1 aliphatic rings. The Morgan fingerprint density at radius 3 is 2.53 bits per heavy atom. The van der Waals surface area contributed by atoms with Gasteiger partial charge >= 0.3 is 0 Å². The Morgan fingerprint density at radius 1 is 1.29 bits per heavy atom. The van der Waals surface area contributed by atoms with E-state index in [0.717, 1.165) is 29.8 Å². The van der Waals surface area contributed by atoms with Gasteiger partial charge in [0.25, 0.3) is 0 Å². The molecule has 1 amide bonds. The second-order valence-electron chi connectivity index (χ2n) is 4.41. The maximum Gasteiger partial charge on any atom is 0.250 e. The summed E-state index contributed by atoms with van der Waals surface area (Å²) in [6.45, 7) is 5.94. The molecule has 2 rings (SSSR count). The number of amides is 1. The molecule has 0 bridgehead atoms. The molecule has 0 saturated heterocycles. The number of aromatic nitrogens is 1. The highest BCUT2D eigenvalue weighted by molar-refractivity contribution is 6.13. The van der Waals surface area contributed by atoms with Crippen LogP contribution in [-0.4, -0.2) is 22.8 Å². The Bertz CT molecular complexity index is 459. The molecule has 0 spiro atoms. The van der Waals surface area contributed by atoms with E-state index in [0.29, 0.717) is 5.84 Å². The molecule has 1 N–H and O–H groups in total. The Hall–Kier alpha value is -1.71. The van der Waals surface area contributed by atoms with Gasteiger partial charge in [0, 0.05) is 17.0 Å². The van der Waals surface area contributed by atoms with E-state index in [1.54, 1.807) is 0 Å². The number of carbonyl (C=O) groups excluding carboxylic acids is 1. The summed E-state index contributed by atoms with van der Waals surface area (Å²) in [6, 6.07) is 3.67. The van der Waals surface area contributed by atoms with Crippen LogP contribution in [0, 0.1) is 13.8 Å². The molecule has 1 aromatic rings. The summed E-state index contributed by atoms with van der Waals surface area (Å²) < 4.78 is 0. The normalized spacial score (nSPS) is 19.1. The lowest BCUT2D eigenvalue weighted by Crippen LogP contribution is -2.29. The van der Waals surface area contributed by atoms with Crippen molar-refractivity contribution in [1.29, 1.82) is 0 Å². The minimum Gasteiger partial charge on any atom is -0.309 e. The molecule has 0 aromatic carbocycles. The first-order chi connectivity index (χ1) is 8.10. The van der Waals surface area contributed by atoms with E-state index in [1.165, 1.54) is 0 Å². The largest absolute Gasteiger partial charge is 0.309 e. The summed E-state index contributed by atoms with van der Waals surface area (Å²) in [5.41, 5.74) is 2.83. The third-order valence-corrected chi connectivity index (χ3v) is 2.75. The van der Waals surface area contributed by atoms with Crippen LogP contribution in [0.15, 0.2) is 17.1 Å². The van der Waals surface area contributed by atoms with Crippen LogP contribution in [0.1, 0.15) is 36.7 Å². The quantitative estimate of drug-likeness (QED) is 0.861. The molecular weight excluding hydrogens is 214 g/mol. The van der Waals surface area contributed by atoms with Crippen LogP contribution in [0.5, 0.6) is 0 Å². The highest BCUT2D eigenvalue weighted by atomic mass is 16.2. The second-order valence-corrected chi connectivity index (χ2v) is 4.41. The van der Waals surface area contributed by atoms with Crippen molar-refractivity contribution in [2.24, 2.45) is 4.99 Å². The van der Waals surface area contributed by atoms with Crippen molar-refractivity contribution in [3.8, 4) is 0 Å². The fraction of sp³-hybridized carbons (Fsp3) is 0.462. The summed E-state index contributed by atoms with van der Waals surface area (Å²) in [4.78, 5) is 20.4. The first kappa shape index (κ1) is 11.8. The van der Waals surface area contributed by atoms with E-state index in [4.69, 9.17) is 0 Å². The van der Waals surface area contributed by atoms with Gasteiger partial charge in [0.05, 0.1) is 0 Å². The molecule has 0 aliphatic carbocycles. The SMILES string of the molecule is CCCC1N=C(c2cc(C)nc(C)c2)NC1=O. The molecule has 2 heterocycles. The lowest BCUT2D eigenvalue weighted by molar-refractivity contribution is -0.120. The first-order valence-corrected chi connectivity index (χ1v) is 5.94. The van der Waals surface area contributed by atoms with Gasteiger partial charge in [-0.25, -0.2) is 0 Å². The van der Waals surface area contributed by atoms with Crippen LogP contribution in [0.25, 0.3) is 0 Å². The average Bonchev–Trinajstić information content (AvgIpc) is 2.60. The van der Waals surface area contributed by atoms with Crippen LogP contribution < -0.4 is 5.32 Å². The fourth-order valence-electron chi connectivity index (χ4n) is 2.03. The number of aryl methyl sites for hydroxylation is 2. The number of carbonyl (C=O) groups is 1. The second kappa shape index (κ2) is 4.65. The predicted molar refractivity (Wildman–Crippen MR) is 67.1 cm³/mol. The van der Waals surface area contributed by atoms with Gasteiger partial charge in [-0.2, -0.15) is 0 Å². The molecule has 0 fully saturated rings. The van der Waals surface area contributed by atoms with Crippen molar-refractivity contribution in [1.82, 2.24) is 10.3 Å². The number of hydrogen-bond donors (Lipinski definition) is 1. The van der Waals surface area contributed by atoms with Crippen molar-refractivity contribution in [3.63, 3.8) is 0 Å². The van der Waals surface area contributed by atoms with E-state index in [9.17, 15) is 4.79 Å². The molecular formula is C13H17N3O. The Labute approximate surface area is 101 Å². The summed E-state index contributed by atoms with van der Waals surface area (Å²) >= 11 is 0. The third-order valence-electron chi connectivity index (χ3n) is 2.75. The summed E-state index contributed by atoms with van der Waals surface area (Å²) in [6.07, 6.45) is 1.77. The summed E-state index contributed by atoms with van der Waals surface area (Å²) in [5.74, 6) is 0.691. The van der Waals surface area contributed by atoms with Gasteiger partial charge < -0.3 is 5.32 Å². The van der Waals surface area contributed by atoms with Gasteiger partial charge in [0.15, 0.2) is 0 Å². The van der Waals surface area contributed by atoms with E-state index in [-0.39, 0.29) is 11.9 Å². The molecule has 0 saturated carbocycles. The van der Waals surface area contributed by atoms with E-state index in [1.807, 2.05) is 26.0 Å². The molecule has 4 heteroatoms. The molecule has 17 heavy (non-hydrogen) atoms. The Balaban J connectivity index is 2.29. The standard InChI is InChI=1S/C13H17N3O/c1-4-5-11-13(17)16-12(15-11)10-6-8(2)14-9(3)7-10/h6-7,11H,4-5H2,1-3H3,(H,15,16,17). The highest BCUT2D eigenvalue weighted by Gasteiger charge is 2.26. The maximum absolute atomic E-state index is 11.7. The number of nitrogens with one attached hydrogen (secondary N) is 1. The number of hydrogen-bond acceptors (Lipinski definition) is 3. The van der Waals surface area contributed by atoms with Gasteiger partial charge in [-0.15, -0.1) is 0 Å². The number of amidine groups is 1. The lowest BCUT2D eigenvalue weighted by Gasteiger charge is -2.03. The topological polar surface area (TPSA) is 54.4 Å². The predicted octanol–water partition coefficient (Wildman–Crippen LogP) is 1.74. The number of aliphatic imine (C=N–C) groups is 1. The van der Waals surface area contributed by atoms with Gasteiger partial charge in [0.1, 0.15) is 11.9 Å². The lowest BCUT2D eigenvalue weighted by atomic mass is 10.2. The maximum atomic E-state index is 11.7. The fourth-order valence-corrected chi connectivity index (χ4v) is 2.03. The Kier molecular flexibility index (Phi) is 3.22. The first-order valence-electron chi connectivity index (χ1n) is 5.94. The zero-order valence-electron chi connectivity index (χ0n) is 10.4. The van der Waals surface area contributed by atoms with Gasteiger partial charge in [-0.05, 0) is 32.4 Å². The van der Waals surface area contributed by atoms with Crippen LogP contribution in [0.4, 0.5) is 0 Å². The monoisotopic (exact) mass is 231 g/mol. The van der Waals surface area contributed by atoms with Crippen LogP contribution in [-0.2, 0) is 4.79 Å². The van der Waals surface area contributed by atoms with E-state index < -0.39 is 0 Å². The highest BCUT2D eigenvalue weighted by Crippen LogP contribution is 2.13. The van der Waals surface area contributed by atoms with E-state index >= 15 is 0 Å². The van der Waals surface area contributed by atoms with Crippen LogP contribution in [0.3, 0.4) is 0 Å². The molecule has 1 atom stereocenters. The van der Waals surface area contributed by atoms with Crippen molar-refractivity contribution in [2.45, 2.75) is 39.7 Å². The minimum absolute atomic E-state index is 0.00830. The zero-order valence-corrected chi connectivity index (χ0v) is 10.4. The van der Waals surface area contributed by atoms with Crippen molar-refractivity contribution < 1.29 is 4.79 Å². The van der Waals surface area contributed by atoms with Crippen LogP contribution in [0.2, 0.25) is 0 Å². The van der Waals surface area contributed by atoms with Gasteiger partial charge in [0.2, 0.25) is 5.91 Å². The zero-order chi connectivity index (χ0) is 12.4. The molecule has 1 aliphatic heterocycles. The smallest absolute Gasteiger partial charge is 0.250 e. The minimum atomic E-state index is -0.219. The molecule has 1 unspecified atom stereocenters. The van der Waals surface area contributed by atoms with E-state index in [2.05, 4.69) is 22.2 Å². The molecule has 4 nitrogen and oxygen atoms in total. The summed E-state index contributed by atoms with van der Waals surface area (Å²) in [5, 5.41) is 2.84. The van der Waals surface area contributed by atoms with Crippen molar-refractivity contribution in [3.05, 3.63) is 29.1 Å². The Morgan fingerprint density at radius 2 is 1.94 bits per heavy atom. The molecule has 1 aromatic heterocycles. The van der Waals surface area contributed by atoms with Gasteiger partial charge in [-0.3, -0.25) is 14.8 Å². The molecule has 90 valence electrons. The van der Waals surface area contributed by atoms with Gasteiger partial charge in [-0.1, -0.05) is 13.3 Å².